The van der Waals surface area contributed by atoms with Crippen molar-refractivity contribution in [2.24, 2.45) is 11.7 Å². The summed E-state index contributed by atoms with van der Waals surface area (Å²) in [5.74, 6) is 0.602. The monoisotopic (exact) mass is 599 g/mol. The molecule has 7 nitrogen and oxygen atoms in total. The Bertz CT molecular complexity index is 1810. The molecular weight excluding hydrogens is 567 g/mol. The second kappa shape index (κ2) is 12.1. The Labute approximate surface area is 252 Å². The molecule has 1 saturated carbocycles. The second-order valence-electron chi connectivity index (χ2n) is 11.0. The first kappa shape index (κ1) is 29.4. The maximum atomic E-state index is 13.7. The Morgan fingerprint density at radius 3 is 2.57 bits per heavy atom. The summed E-state index contributed by atoms with van der Waals surface area (Å²) in [6, 6.07) is 26.5. The summed E-state index contributed by atoms with van der Waals surface area (Å²) >= 11 is 0. The Kier molecular flexibility index (Phi) is 8.11. The van der Waals surface area contributed by atoms with E-state index in [0.717, 1.165) is 44.9 Å². The maximum absolute atomic E-state index is 13.7. The zero-order valence-corrected chi connectivity index (χ0v) is 24.1. The predicted octanol–water partition coefficient (Wildman–Crippen LogP) is 6.85. The Morgan fingerprint density at radius 2 is 1.82 bits per heavy atom. The van der Waals surface area contributed by atoms with Crippen LogP contribution in [0.5, 0.6) is 5.75 Å². The van der Waals surface area contributed by atoms with E-state index in [1.165, 1.54) is 12.8 Å². The number of nitrogens with one attached hydrogen (secondary N) is 2. The SMILES string of the molecule is COc1ccc2ccccc2c1C(NCC1CC1)c1cccc(NC(=O)c2cc(C(F)(F)F)nn2-c2cccc(CN)c2)c1. The molecular formula is C34H32F3N5O2. The van der Waals surface area contributed by atoms with Crippen molar-refractivity contribution in [2.75, 3.05) is 19.0 Å². The molecule has 1 fully saturated rings. The molecule has 10 heteroatoms. The lowest BCUT2D eigenvalue weighted by molar-refractivity contribution is -0.141. The third-order valence-electron chi connectivity index (χ3n) is 7.85. The van der Waals surface area contributed by atoms with Crippen molar-refractivity contribution in [2.45, 2.75) is 31.6 Å². The van der Waals surface area contributed by atoms with Crippen LogP contribution in [0, 0.1) is 5.92 Å². The summed E-state index contributed by atoms with van der Waals surface area (Å²) in [7, 11) is 1.64. The number of rotatable bonds is 10. The van der Waals surface area contributed by atoms with Gasteiger partial charge in [0.05, 0.1) is 18.8 Å². The van der Waals surface area contributed by atoms with Crippen LogP contribution in [-0.4, -0.2) is 29.3 Å². The van der Waals surface area contributed by atoms with Gasteiger partial charge in [-0.15, -0.1) is 0 Å². The van der Waals surface area contributed by atoms with Crippen molar-refractivity contribution < 1.29 is 22.7 Å². The number of methoxy groups -OCH3 is 1. The number of amides is 1. The van der Waals surface area contributed by atoms with E-state index in [0.29, 0.717) is 22.9 Å². The van der Waals surface area contributed by atoms with Crippen LogP contribution < -0.4 is 21.1 Å². The number of hydrogen-bond donors (Lipinski definition) is 3. The fraction of sp³-hybridized carbons (Fsp3) is 0.235. The molecule has 5 aromatic rings. The van der Waals surface area contributed by atoms with Gasteiger partial charge >= 0.3 is 6.18 Å². The fourth-order valence-corrected chi connectivity index (χ4v) is 5.43. The van der Waals surface area contributed by atoms with Crippen LogP contribution in [0.4, 0.5) is 18.9 Å². The highest BCUT2D eigenvalue weighted by atomic mass is 19.4. The molecule has 0 bridgehead atoms. The first-order valence-corrected chi connectivity index (χ1v) is 14.4. The molecule has 1 unspecified atom stereocenters. The number of carbonyl (C=O) groups excluding carboxylic acids is 1. The van der Waals surface area contributed by atoms with E-state index >= 15 is 0 Å². The largest absolute Gasteiger partial charge is 0.496 e. The van der Waals surface area contributed by atoms with Crippen molar-refractivity contribution >= 4 is 22.4 Å². The summed E-state index contributed by atoms with van der Waals surface area (Å²) < 4.78 is 47.9. The van der Waals surface area contributed by atoms with Gasteiger partial charge in [-0.3, -0.25) is 4.79 Å². The number of fused-ring (bicyclic) bond motifs is 1. The minimum Gasteiger partial charge on any atom is -0.496 e. The van der Waals surface area contributed by atoms with E-state index in [2.05, 4.69) is 27.9 Å². The number of aromatic nitrogens is 2. The van der Waals surface area contributed by atoms with Gasteiger partial charge in [-0.05, 0) is 77.5 Å². The van der Waals surface area contributed by atoms with E-state index in [1.807, 2.05) is 42.5 Å². The van der Waals surface area contributed by atoms with Crippen molar-refractivity contribution in [3.8, 4) is 11.4 Å². The summed E-state index contributed by atoms with van der Waals surface area (Å²) in [5.41, 5.74) is 7.60. The highest BCUT2D eigenvalue weighted by Crippen LogP contribution is 2.38. The van der Waals surface area contributed by atoms with E-state index < -0.39 is 17.8 Å². The quantitative estimate of drug-likeness (QED) is 0.163. The lowest BCUT2D eigenvalue weighted by Crippen LogP contribution is -2.25. The molecule has 4 aromatic carbocycles. The number of nitrogens with two attached hydrogens (primary N) is 1. The number of alkyl halides is 3. The van der Waals surface area contributed by atoms with Gasteiger partial charge in [0.15, 0.2) is 5.69 Å². The molecule has 0 saturated heterocycles. The Hall–Kier alpha value is -4.67. The van der Waals surface area contributed by atoms with Crippen LogP contribution in [0.3, 0.4) is 0 Å². The van der Waals surface area contributed by atoms with Gasteiger partial charge < -0.3 is 21.1 Å². The summed E-state index contributed by atoms with van der Waals surface area (Å²) in [4.78, 5) is 13.6. The first-order valence-electron chi connectivity index (χ1n) is 14.4. The van der Waals surface area contributed by atoms with Gasteiger partial charge in [0.2, 0.25) is 0 Å². The molecule has 4 N–H and O–H groups in total. The molecule has 0 radical (unpaired) electrons. The van der Waals surface area contributed by atoms with Crippen LogP contribution in [0.25, 0.3) is 16.5 Å². The lowest BCUT2D eigenvalue weighted by Gasteiger charge is -2.24. The Balaban J connectivity index is 1.37. The van der Waals surface area contributed by atoms with Gasteiger partial charge in [0.25, 0.3) is 5.91 Å². The van der Waals surface area contributed by atoms with Gasteiger partial charge in [0.1, 0.15) is 11.4 Å². The van der Waals surface area contributed by atoms with Crippen molar-refractivity contribution in [1.29, 1.82) is 0 Å². The average molecular weight is 600 g/mol. The van der Waals surface area contributed by atoms with Crippen molar-refractivity contribution in [3.63, 3.8) is 0 Å². The molecule has 226 valence electrons. The minimum absolute atomic E-state index is 0.187. The molecule has 1 heterocycles. The topological polar surface area (TPSA) is 94.2 Å². The highest BCUT2D eigenvalue weighted by molar-refractivity contribution is 6.03. The van der Waals surface area contributed by atoms with Gasteiger partial charge in [-0.25, -0.2) is 4.68 Å². The number of carbonyl (C=O) groups is 1. The first-order chi connectivity index (χ1) is 21.2. The average Bonchev–Trinajstić information content (AvgIpc) is 3.74. The smallest absolute Gasteiger partial charge is 0.435 e. The Morgan fingerprint density at radius 1 is 1.02 bits per heavy atom. The second-order valence-corrected chi connectivity index (χ2v) is 11.0. The lowest BCUT2D eigenvalue weighted by atomic mass is 9.92. The van der Waals surface area contributed by atoms with Crippen molar-refractivity contribution in [1.82, 2.24) is 15.1 Å². The molecule has 1 aliphatic carbocycles. The van der Waals surface area contributed by atoms with E-state index in [4.69, 9.17) is 10.5 Å². The third kappa shape index (κ3) is 6.17. The van der Waals surface area contributed by atoms with E-state index in [9.17, 15) is 18.0 Å². The van der Waals surface area contributed by atoms with E-state index in [-0.39, 0.29) is 18.3 Å². The van der Waals surface area contributed by atoms with Gasteiger partial charge in [-0.2, -0.15) is 18.3 Å². The zero-order valence-electron chi connectivity index (χ0n) is 24.1. The fourth-order valence-electron chi connectivity index (χ4n) is 5.43. The highest BCUT2D eigenvalue weighted by Gasteiger charge is 2.36. The number of ether oxygens (including phenoxy) is 1. The van der Waals surface area contributed by atoms with Crippen LogP contribution in [-0.2, 0) is 12.7 Å². The third-order valence-corrected chi connectivity index (χ3v) is 7.85. The normalized spacial score (nSPS) is 14.0. The zero-order chi connectivity index (χ0) is 30.8. The maximum Gasteiger partial charge on any atom is 0.435 e. The standard InChI is InChI=1S/C34H32F3N5O2/c1-44-29-15-14-23-7-2-3-11-27(23)31(29)32(39-20-21-12-13-21)24-8-5-9-25(17-24)40-33(43)28-18-30(34(35,36)37)41-42(28)26-10-4-6-22(16-26)19-38/h2-11,14-18,21,32,39H,12-13,19-20,38H2,1H3,(H,40,43). The van der Waals surface area contributed by atoms with Crippen LogP contribution in [0.15, 0.2) is 91.0 Å². The molecule has 6 rings (SSSR count). The molecule has 1 aliphatic rings. The summed E-state index contributed by atoms with van der Waals surface area (Å²) in [5, 5.41) is 12.4. The number of nitrogens with zero attached hydrogens (tertiary/aromatic N) is 2. The van der Waals surface area contributed by atoms with Crippen LogP contribution in [0.1, 0.15) is 51.8 Å². The molecule has 1 atom stereocenters. The molecule has 1 aromatic heterocycles. The van der Waals surface area contributed by atoms with Crippen molar-refractivity contribution in [3.05, 3.63) is 119 Å². The molecule has 1 amide bonds. The number of benzene rings is 4. The van der Waals surface area contributed by atoms with Crippen LogP contribution >= 0.6 is 0 Å². The predicted molar refractivity (Wildman–Crippen MR) is 164 cm³/mol. The van der Waals surface area contributed by atoms with Gasteiger partial charge in [0, 0.05) is 23.9 Å². The molecule has 44 heavy (non-hydrogen) atoms. The summed E-state index contributed by atoms with van der Waals surface area (Å²) in [6.45, 7) is 1.00. The number of anilines is 1. The van der Waals surface area contributed by atoms with Gasteiger partial charge in [-0.1, -0.05) is 54.6 Å². The number of halogens is 3. The van der Waals surface area contributed by atoms with Crippen LogP contribution in [0.2, 0.25) is 0 Å². The summed E-state index contributed by atoms with van der Waals surface area (Å²) in [6.07, 6.45) is -2.39. The van der Waals surface area contributed by atoms with E-state index in [1.54, 1.807) is 37.4 Å². The molecule has 0 aliphatic heterocycles. The minimum atomic E-state index is -4.73. The molecule has 0 spiro atoms. The number of hydrogen-bond acceptors (Lipinski definition) is 5.